The molecule has 0 N–H and O–H groups in total. The van der Waals surface area contributed by atoms with E-state index in [-0.39, 0.29) is 28.3 Å². The molecule has 0 saturated carbocycles. The van der Waals surface area contributed by atoms with Gasteiger partial charge >= 0.3 is 14.1 Å². The number of hydrogen-bond acceptors (Lipinski definition) is 12. The average molecular weight is 841 g/mol. The largest absolute Gasteiger partial charge is 0.812 e. The van der Waals surface area contributed by atoms with Crippen LogP contribution in [0, 0.1) is 0 Å². The standard InChI is InChI=1S/C42H30B2ClF2N6O6P/c45-41-42(60(35-27-15-5-16-28-35)36-29-17-6-18-30-36)53-59-44(47)56-50-39(33-23-11-3-12-24-33)37(31-19-7-1-8-20-31)48-54-43(46,58-52-41)55-49-38(32-21-9-2-10-22-32)40(51-57-44)34-25-13-4-14-26-34/h1-30H/q-2/b48-37+,49-38+,50-39+,51-40+,52-41?,53-42-. The Labute approximate surface area is 348 Å². The summed E-state index contributed by atoms with van der Waals surface area (Å²) in [5, 5.41) is 25.6. The van der Waals surface area contributed by atoms with E-state index in [1.54, 1.807) is 170 Å². The second-order valence-electron chi connectivity index (χ2n) is 12.8. The smallest absolute Gasteiger partial charge is 0.509 e. The second-order valence-corrected chi connectivity index (χ2v) is 15.3. The van der Waals surface area contributed by atoms with Crippen LogP contribution in [0.4, 0.5) is 8.63 Å². The summed E-state index contributed by atoms with van der Waals surface area (Å²) in [6.45, 7) is 0. The molecule has 298 valence electrons. The van der Waals surface area contributed by atoms with Crippen LogP contribution in [0.3, 0.4) is 0 Å². The van der Waals surface area contributed by atoms with E-state index >= 15 is 8.63 Å². The van der Waals surface area contributed by atoms with E-state index in [0.717, 1.165) is 0 Å². The molecule has 18 heteroatoms. The van der Waals surface area contributed by atoms with Crippen molar-refractivity contribution >= 4 is 77.7 Å². The van der Waals surface area contributed by atoms with Crippen LogP contribution in [0.1, 0.15) is 22.3 Å². The first-order valence-corrected chi connectivity index (χ1v) is 20.1. The van der Waals surface area contributed by atoms with Crippen molar-refractivity contribution in [2.24, 2.45) is 30.9 Å². The molecule has 6 aromatic carbocycles. The van der Waals surface area contributed by atoms with E-state index in [0.29, 0.717) is 32.9 Å². The Morgan fingerprint density at radius 2 is 0.600 bits per heavy atom. The minimum Gasteiger partial charge on any atom is -0.509 e. The summed E-state index contributed by atoms with van der Waals surface area (Å²) in [4.78, 5) is 0. The molecule has 9 rings (SSSR count). The van der Waals surface area contributed by atoms with E-state index < -0.39 is 27.2 Å². The van der Waals surface area contributed by atoms with Crippen molar-refractivity contribution in [3.8, 4) is 0 Å². The summed E-state index contributed by atoms with van der Waals surface area (Å²) in [7, 11) is -11.2. The molecular formula is C42H30B2ClF2N6O6P-2. The van der Waals surface area contributed by atoms with Gasteiger partial charge in [-0.15, -0.1) is 30.9 Å². The third-order valence-corrected chi connectivity index (χ3v) is 11.4. The van der Waals surface area contributed by atoms with Crippen molar-refractivity contribution in [3.05, 3.63) is 204 Å². The molecule has 60 heavy (non-hydrogen) atoms. The van der Waals surface area contributed by atoms with Gasteiger partial charge in [0.25, 0.3) is 0 Å². The van der Waals surface area contributed by atoms with Gasteiger partial charge in [0.05, 0.1) is 0 Å². The Morgan fingerprint density at radius 3 is 0.900 bits per heavy atom. The van der Waals surface area contributed by atoms with E-state index in [1.165, 1.54) is 0 Å². The highest BCUT2D eigenvalue weighted by Gasteiger charge is 2.45. The van der Waals surface area contributed by atoms with Gasteiger partial charge in [0, 0.05) is 30.2 Å². The Balaban J connectivity index is 1.40. The molecule has 12 nitrogen and oxygen atoms in total. The first-order valence-electron chi connectivity index (χ1n) is 18.4. The highest BCUT2D eigenvalue weighted by Crippen LogP contribution is 2.38. The molecule has 0 fully saturated rings. The first kappa shape index (κ1) is 39.7. The lowest BCUT2D eigenvalue weighted by atomic mass is 10.00. The zero-order chi connectivity index (χ0) is 41.2. The summed E-state index contributed by atoms with van der Waals surface area (Å²) >= 11 is 6.85. The lowest BCUT2D eigenvalue weighted by molar-refractivity contribution is 0.0221. The normalized spacial score (nSPS) is 23.9. The fraction of sp³-hybridized carbons (Fsp3) is 0. The van der Waals surface area contributed by atoms with Crippen LogP contribution in [0.25, 0.3) is 0 Å². The average Bonchev–Trinajstić information content (AvgIpc) is 3.30. The number of nitrogens with zero attached hydrogens (tertiary/aromatic N) is 6. The highest BCUT2D eigenvalue weighted by atomic mass is 35.5. The third-order valence-electron chi connectivity index (χ3n) is 8.67. The fourth-order valence-corrected chi connectivity index (χ4v) is 8.28. The zero-order valence-corrected chi connectivity index (χ0v) is 32.8. The van der Waals surface area contributed by atoms with Crippen LogP contribution in [0.5, 0.6) is 0 Å². The van der Waals surface area contributed by atoms with Gasteiger partial charge in [0.1, 0.15) is 28.3 Å². The summed E-state index contributed by atoms with van der Waals surface area (Å²) < 4.78 is 68.8. The van der Waals surface area contributed by atoms with Crippen LogP contribution < -0.4 is 10.6 Å². The third kappa shape index (κ3) is 9.25. The molecule has 0 aliphatic carbocycles. The fourth-order valence-electron chi connectivity index (χ4n) is 5.87. The van der Waals surface area contributed by atoms with Crippen LogP contribution in [-0.2, 0) is 28.5 Å². The van der Waals surface area contributed by atoms with Gasteiger partial charge in [-0.25, -0.2) is 0 Å². The van der Waals surface area contributed by atoms with E-state index in [9.17, 15) is 0 Å². The second kappa shape index (κ2) is 18.2. The van der Waals surface area contributed by atoms with Crippen molar-refractivity contribution in [1.29, 1.82) is 0 Å². The number of rotatable bonds is 7. The lowest BCUT2D eigenvalue weighted by Crippen LogP contribution is -2.41. The highest BCUT2D eigenvalue weighted by molar-refractivity contribution is 7.91. The monoisotopic (exact) mass is 840 g/mol. The van der Waals surface area contributed by atoms with Crippen molar-refractivity contribution in [3.63, 3.8) is 0 Å². The predicted molar refractivity (Wildman–Crippen MR) is 232 cm³/mol. The van der Waals surface area contributed by atoms with Crippen molar-refractivity contribution in [2.45, 2.75) is 0 Å². The van der Waals surface area contributed by atoms with E-state index in [2.05, 4.69) is 30.9 Å². The topological polar surface area (TPSA) is 130 Å². The lowest BCUT2D eigenvalue weighted by Gasteiger charge is -2.31. The molecule has 0 radical (unpaired) electrons. The maximum atomic E-state index is 17.8. The number of benzene rings is 6. The summed E-state index contributed by atoms with van der Waals surface area (Å²) in [6, 6.07) is 51.6. The van der Waals surface area contributed by atoms with Crippen LogP contribution in [0.15, 0.2) is 213 Å². The minimum absolute atomic E-state index is 0.160. The molecule has 2 bridgehead atoms. The van der Waals surface area contributed by atoms with Gasteiger partial charge < -0.3 is 37.2 Å². The molecular weight excluding hydrogens is 811 g/mol. The van der Waals surface area contributed by atoms with Gasteiger partial charge in [0.2, 0.25) is 0 Å². The molecule has 0 atom stereocenters. The van der Waals surface area contributed by atoms with Gasteiger partial charge in [-0.1, -0.05) is 194 Å². The molecule has 0 spiro atoms. The summed E-state index contributed by atoms with van der Waals surface area (Å²) in [5.74, 6) is 0. The van der Waals surface area contributed by atoms with Gasteiger partial charge in [-0.05, 0) is 10.6 Å². The molecule has 0 unspecified atom stereocenters. The predicted octanol–water partition coefficient (Wildman–Crippen LogP) is 8.54. The van der Waals surface area contributed by atoms with E-state index in [1.807, 2.05) is 12.1 Å². The molecule has 3 heterocycles. The van der Waals surface area contributed by atoms with Gasteiger partial charge in [0.15, 0.2) is 5.17 Å². The molecule has 6 aromatic rings. The Hall–Kier alpha value is -7.15. The molecule has 3 aliphatic rings. The number of oxime groups is 6. The maximum Gasteiger partial charge on any atom is 0.812 e. The van der Waals surface area contributed by atoms with Gasteiger partial charge in [-0.2, -0.15) is 0 Å². The zero-order valence-electron chi connectivity index (χ0n) is 31.2. The van der Waals surface area contributed by atoms with E-state index in [4.69, 9.17) is 40.1 Å². The summed E-state index contributed by atoms with van der Waals surface area (Å²) in [6.07, 6.45) is 0. The molecule has 3 aliphatic heterocycles. The Morgan fingerprint density at radius 1 is 0.350 bits per heavy atom. The molecule has 0 aromatic heterocycles. The van der Waals surface area contributed by atoms with Crippen LogP contribution >= 0.6 is 19.5 Å². The quantitative estimate of drug-likeness (QED) is 0.117. The van der Waals surface area contributed by atoms with Crippen molar-refractivity contribution < 1.29 is 37.2 Å². The van der Waals surface area contributed by atoms with Crippen molar-refractivity contribution in [2.75, 3.05) is 0 Å². The number of hydrogen-bond donors (Lipinski definition) is 0. The molecule has 0 amide bonds. The van der Waals surface area contributed by atoms with Crippen LogP contribution in [0.2, 0.25) is 0 Å². The Bertz CT molecular complexity index is 2450. The van der Waals surface area contributed by atoms with Crippen LogP contribution in [-0.4, -0.2) is 47.5 Å². The number of halogens is 3. The summed E-state index contributed by atoms with van der Waals surface area (Å²) in [5.41, 5.74) is 0.462. The first-order chi connectivity index (χ1) is 29.4. The Kier molecular flexibility index (Phi) is 12.0. The SMILES string of the molecule is F[B-]12ON=C(Cl)/C(P(c3ccccc3)c3ccccc3)=N/O[B-](F)(O/N=C(c3ccccc3)/C(c3ccccc3)=N/O1)O/N=C(c1ccccc1)/C(c1ccccc1)=N/O2. The maximum absolute atomic E-state index is 17.8. The molecule has 0 saturated heterocycles. The minimum atomic E-state index is -4.68. The van der Waals surface area contributed by atoms with Crippen molar-refractivity contribution in [1.82, 2.24) is 0 Å². The number of fused-ring (bicyclic) bond motifs is 9. The van der Waals surface area contributed by atoms with Gasteiger partial charge in [-0.3, -0.25) is 0 Å².